The minimum Gasteiger partial charge on any atom is -0.495 e. The van der Waals surface area contributed by atoms with Crippen LogP contribution in [0.3, 0.4) is 0 Å². The van der Waals surface area contributed by atoms with Crippen molar-refractivity contribution in [3.63, 3.8) is 0 Å². The van der Waals surface area contributed by atoms with Crippen LogP contribution < -0.4 is 20.7 Å². The van der Waals surface area contributed by atoms with E-state index in [1.165, 1.54) is 42.1 Å². The fourth-order valence-corrected chi connectivity index (χ4v) is 7.79. The second-order valence-corrected chi connectivity index (χ2v) is 14.1. The number of benzene rings is 3. The molecule has 2 aliphatic heterocycles. The van der Waals surface area contributed by atoms with E-state index >= 15 is 0 Å². The lowest BCUT2D eigenvalue weighted by Crippen LogP contribution is -2.40. The molecule has 1 aliphatic carbocycles. The molecular formula is C40H43F4N7O2. The number of halogens is 4. The number of nitrogens with zero attached hydrogens (tertiary/aromatic N) is 4. The summed E-state index contributed by atoms with van der Waals surface area (Å²) >= 11 is 0. The van der Waals surface area contributed by atoms with E-state index in [4.69, 9.17) is 4.74 Å². The summed E-state index contributed by atoms with van der Waals surface area (Å²) in [6.07, 6.45) is 0.661. The first-order valence-electron chi connectivity index (χ1n) is 17.9. The maximum atomic E-state index is 14.3. The molecule has 13 heteroatoms. The zero-order valence-electron chi connectivity index (χ0n) is 30.0. The van der Waals surface area contributed by atoms with Crippen molar-refractivity contribution in [3.05, 3.63) is 106 Å². The van der Waals surface area contributed by atoms with E-state index in [1.54, 1.807) is 26.0 Å². The van der Waals surface area contributed by atoms with E-state index < -0.39 is 35.7 Å². The van der Waals surface area contributed by atoms with E-state index in [1.807, 2.05) is 30.3 Å². The maximum absolute atomic E-state index is 14.3. The molecule has 1 atom stereocenters. The highest BCUT2D eigenvalue weighted by atomic mass is 19.4. The number of rotatable bonds is 13. The molecule has 1 saturated heterocycles. The van der Waals surface area contributed by atoms with Gasteiger partial charge in [-0.1, -0.05) is 48.5 Å². The number of hydrogen-bond acceptors (Lipinski definition) is 8. The van der Waals surface area contributed by atoms with Crippen LogP contribution in [0.4, 0.5) is 40.7 Å². The van der Waals surface area contributed by atoms with Crippen molar-refractivity contribution < 1.29 is 27.1 Å². The van der Waals surface area contributed by atoms with Crippen molar-refractivity contribution in [3.8, 4) is 5.75 Å². The number of alkyl halides is 4. The predicted molar refractivity (Wildman–Crippen MR) is 198 cm³/mol. The highest BCUT2D eigenvalue weighted by Gasteiger charge is 2.44. The molecule has 0 spiro atoms. The number of methoxy groups -OCH3 is 1. The summed E-state index contributed by atoms with van der Waals surface area (Å²) < 4.78 is 62.0. The summed E-state index contributed by atoms with van der Waals surface area (Å²) in [7, 11) is 1.53. The van der Waals surface area contributed by atoms with Gasteiger partial charge in [-0.05, 0) is 85.8 Å². The second kappa shape index (κ2) is 14.8. The monoisotopic (exact) mass is 729 g/mol. The van der Waals surface area contributed by atoms with Crippen LogP contribution >= 0.6 is 0 Å². The Morgan fingerprint density at radius 3 is 2.53 bits per heavy atom. The lowest BCUT2D eigenvalue weighted by molar-refractivity contribution is -0.137. The van der Waals surface area contributed by atoms with Gasteiger partial charge in [-0.2, -0.15) is 18.2 Å². The van der Waals surface area contributed by atoms with Crippen molar-refractivity contribution >= 4 is 35.1 Å². The normalized spacial score (nSPS) is 17.9. The van der Waals surface area contributed by atoms with Crippen molar-refractivity contribution in [2.75, 3.05) is 63.7 Å². The topological polar surface area (TPSA) is 94.7 Å². The first kappa shape index (κ1) is 36.4. The van der Waals surface area contributed by atoms with Crippen molar-refractivity contribution in [2.45, 2.75) is 44.3 Å². The summed E-state index contributed by atoms with van der Waals surface area (Å²) in [4.78, 5) is 25.5. The quantitative estimate of drug-likeness (QED) is 0.0947. The lowest BCUT2D eigenvalue weighted by Gasteiger charge is -2.31. The van der Waals surface area contributed by atoms with Gasteiger partial charge in [0.25, 0.3) is 5.91 Å². The Bertz CT molecular complexity index is 2030. The van der Waals surface area contributed by atoms with Crippen molar-refractivity contribution in [1.29, 1.82) is 0 Å². The van der Waals surface area contributed by atoms with E-state index in [2.05, 4.69) is 49.0 Å². The van der Waals surface area contributed by atoms with Crippen LogP contribution in [0.5, 0.6) is 5.75 Å². The van der Waals surface area contributed by atoms with Gasteiger partial charge < -0.3 is 30.5 Å². The molecule has 0 saturated carbocycles. The van der Waals surface area contributed by atoms with Crippen LogP contribution in [-0.2, 0) is 11.7 Å². The number of likely N-dealkylation sites (tertiary alicyclic amines) is 1. The SMILES string of the molecule is COc1cc(C2C(CNCCN3CCCC3)=Cc3ccccc32)ccc1Nc1ncc(C(F)(F)F)c(Nc2cccc3c2C(=O)N(CCF)C3(C)C)n1. The molecule has 7 rings (SSSR count). The number of anilines is 4. The number of ether oxygens (including phenoxy) is 1. The molecule has 3 aliphatic rings. The van der Waals surface area contributed by atoms with E-state index in [0.717, 1.165) is 43.9 Å². The van der Waals surface area contributed by atoms with E-state index in [9.17, 15) is 22.4 Å². The summed E-state index contributed by atoms with van der Waals surface area (Å²) in [5, 5.41) is 9.44. The van der Waals surface area contributed by atoms with Crippen LogP contribution in [0.1, 0.15) is 70.8 Å². The van der Waals surface area contributed by atoms with E-state index in [-0.39, 0.29) is 29.7 Å². The van der Waals surface area contributed by atoms with Gasteiger partial charge in [0, 0.05) is 31.7 Å². The minimum absolute atomic E-state index is 0.00678. The summed E-state index contributed by atoms with van der Waals surface area (Å²) in [5.74, 6) is -0.667. The van der Waals surface area contributed by atoms with Gasteiger partial charge in [-0.15, -0.1) is 0 Å². The first-order chi connectivity index (χ1) is 25.5. The van der Waals surface area contributed by atoms with Crippen molar-refractivity contribution in [2.24, 2.45) is 0 Å². The number of carbonyl (C=O) groups is 1. The van der Waals surface area contributed by atoms with Gasteiger partial charge in [0.2, 0.25) is 5.95 Å². The molecular weight excluding hydrogens is 686 g/mol. The molecule has 3 heterocycles. The summed E-state index contributed by atoms with van der Waals surface area (Å²) in [6, 6.07) is 18.9. The smallest absolute Gasteiger partial charge is 0.421 e. The van der Waals surface area contributed by atoms with Crippen LogP contribution in [0, 0.1) is 0 Å². The fraction of sp³-hybridized carbons (Fsp3) is 0.375. The standard InChI is InChI=1S/C40H43F4N7O2/c1-39(2)29-11-8-12-32(35(29)37(52)51(39)19-15-41)47-36-30(40(42,43)44)24-46-38(49-36)48-31-14-13-26(22-33(31)53-3)34-27(21-25-9-4-5-10-28(25)34)23-45-16-20-50-17-6-7-18-50/h4-5,8-14,21-22,24,34,45H,6-7,15-20,23H2,1-3H3,(H2,46,47,48,49). The summed E-state index contributed by atoms with van der Waals surface area (Å²) in [6.45, 7) is 7.62. The fourth-order valence-electron chi connectivity index (χ4n) is 7.79. The van der Waals surface area contributed by atoms with Gasteiger partial charge in [0.05, 0.1) is 36.1 Å². The molecule has 278 valence electrons. The number of amides is 1. The minimum atomic E-state index is -4.80. The van der Waals surface area contributed by atoms with E-state index in [0.29, 0.717) is 23.2 Å². The second-order valence-electron chi connectivity index (χ2n) is 14.1. The average Bonchev–Trinajstić information content (AvgIpc) is 3.84. The van der Waals surface area contributed by atoms with Crippen LogP contribution in [0.15, 0.2) is 72.4 Å². The molecule has 1 aromatic heterocycles. The highest BCUT2D eigenvalue weighted by molar-refractivity contribution is 6.05. The molecule has 53 heavy (non-hydrogen) atoms. The molecule has 3 aromatic carbocycles. The summed E-state index contributed by atoms with van der Waals surface area (Å²) in [5.41, 5.74) is 3.97. The van der Waals surface area contributed by atoms with Crippen LogP contribution in [-0.4, -0.2) is 78.7 Å². The molecule has 1 amide bonds. The molecule has 0 bridgehead atoms. The Balaban J connectivity index is 1.15. The zero-order valence-corrected chi connectivity index (χ0v) is 30.0. The molecule has 1 unspecified atom stereocenters. The van der Waals surface area contributed by atoms with Gasteiger partial charge in [-0.3, -0.25) is 4.79 Å². The first-order valence-corrected chi connectivity index (χ1v) is 17.9. The third kappa shape index (κ3) is 7.19. The highest BCUT2D eigenvalue weighted by Crippen LogP contribution is 2.45. The van der Waals surface area contributed by atoms with Crippen LogP contribution in [0.25, 0.3) is 6.08 Å². The van der Waals surface area contributed by atoms with Crippen LogP contribution in [0.2, 0.25) is 0 Å². The molecule has 1 fully saturated rings. The van der Waals surface area contributed by atoms with Gasteiger partial charge in [0.15, 0.2) is 0 Å². The van der Waals surface area contributed by atoms with Gasteiger partial charge in [0.1, 0.15) is 23.8 Å². The molecule has 3 N–H and O–H groups in total. The Hall–Kier alpha value is -5.01. The van der Waals surface area contributed by atoms with Crippen molar-refractivity contribution in [1.82, 2.24) is 25.1 Å². The predicted octanol–water partition coefficient (Wildman–Crippen LogP) is 7.87. The Morgan fingerprint density at radius 2 is 1.77 bits per heavy atom. The number of fused-ring (bicyclic) bond motifs is 2. The number of nitrogens with one attached hydrogen (secondary N) is 3. The number of hydrogen-bond donors (Lipinski definition) is 3. The third-order valence-electron chi connectivity index (χ3n) is 10.5. The van der Waals surface area contributed by atoms with Gasteiger partial charge in [-0.25, -0.2) is 9.37 Å². The van der Waals surface area contributed by atoms with Gasteiger partial charge >= 0.3 is 6.18 Å². The Kier molecular flexibility index (Phi) is 10.1. The maximum Gasteiger partial charge on any atom is 0.421 e. The number of aromatic nitrogens is 2. The Labute approximate surface area is 306 Å². The molecule has 4 aromatic rings. The molecule has 9 nitrogen and oxygen atoms in total. The molecule has 0 radical (unpaired) electrons. The lowest BCUT2D eigenvalue weighted by atomic mass is 9.88. The zero-order chi connectivity index (χ0) is 37.3. The number of carbonyl (C=O) groups excluding carboxylic acids is 1. The average molecular weight is 730 g/mol. The largest absolute Gasteiger partial charge is 0.495 e. The Morgan fingerprint density at radius 1 is 0.981 bits per heavy atom. The third-order valence-corrected chi connectivity index (χ3v) is 10.5.